The minimum absolute atomic E-state index is 0.211. The summed E-state index contributed by atoms with van der Waals surface area (Å²) in [5.74, 6) is -2.64. The zero-order valence-corrected chi connectivity index (χ0v) is 16.5. The van der Waals surface area contributed by atoms with Gasteiger partial charge in [0.1, 0.15) is 5.82 Å². The van der Waals surface area contributed by atoms with Gasteiger partial charge >= 0.3 is 6.18 Å². The standard InChI is InChI=1S/C19H18F5N5S/c1-25-30-12-3-4-14(27-16-5-2-11(9-26-16)19(22,23)24)13(8-12)15-10-29-7-6-18(20,21)17(29)28-15/h2-5,8-10,17,25,28H,6-7H2,1H3,(H,26,27). The first-order valence-corrected chi connectivity index (χ1v) is 9.89. The van der Waals surface area contributed by atoms with Gasteiger partial charge in [-0.05, 0) is 49.3 Å². The van der Waals surface area contributed by atoms with E-state index in [2.05, 4.69) is 20.3 Å². The first-order valence-electron chi connectivity index (χ1n) is 9.07. The molecule has 1 aromatic heterocycles. The van der Waals surface area contributed by atoms with Crippen molar-refractivity contribution in [3.8, 4) is 0 Å². The number of rotatable bonds is 5. The largest absolute Gasteiger partial charge is 0.417 e. The molecule has 11 heteroatoms. The first-order chi connectivity index (χ1) is 14.2. The monoisotopic (exact) mass is 443 g/mol. The molecule has 0 spiro atoms. The van der Waals surface area contributed by atoms with Gasteiger partial charge in [-0.25, -0.2) is 13.8 Å². The van der Waals surface area contributed by atoms with Crippen LogP contribution in [0.1, 0.15) is 17.5 Å². The van der Waals surface area contributed by atoms with E-state index in [1.165, 1.54) is 18.0 Å². The Kier molecular flexibility index (Phi) is 5.27. The topological polar surface area (TPSA) is 52.2 Å². The van der Waals surface area contributed by atoms with E-state index in [-0.39, 0.29) is 18.8 Å². The Morgan fingerprint density at radius 2 is 2.03 bits per heavy atom. The summed E-state index contributed by atoms with van der Waals surface area (Å²) in [5.41, 5.74) is 0.803. The molecule has 2 aliphatic rings. The van der Waals surface area contributed by atoms with Crippen LogP contribution in [0.2, 0.25) is 0 Å². The van der Waals surface area contributed by atoms with Crippen LogP contribution in [-0.4, -0.2) is 35.6 Å². The van der Waals surface area contributed by atoms with Crippen LogP contribution in [0.3, 0.4) is 0 Å². The third kappa shape index (κ3) is 4.04. The van der Waals surface area contributed by atoms with Crippen LogP contribution in [0.15, 0.2) is 47.6 Å². The molecule has 1 aromatic carbocycles. The lowest BCUT2D eigenvalue weighted by Gasteiger charge is -2.22. The van der Waals surface area contributed by atoms with E-state index >= 15 is 0 Å². The van der Waals surface area contributed by atoms with Crippen molar-refractivity contribution in [1.82, 2.24) is 19.9 Å². The Bertz CT molecular complexity index is 961. The minimum atomic E-state index is -4.47. The summed E-state index contributed by atoms with van der Waals surface area (Å²) in [4.78, 5) is 6.24. The summed E-state index contributed by atoms with van der Waals surface area (Å²) >= 11 is 1.35. The van der Waals surface area contributed by atoms with E-state index < -0.39 is 23.8 Å². The third-order valence-electron chi connectivity index (χ3n) is 4.88. The van der Waals surface area contributed by atoms with E-state index in [1.54, 1.807) is 24.2 Å². The molecule has 3 N–H and O–H groups in total. The predicted molar refractivity (Wildman–Crippen MR) is 105 cm³/mol. The summed E-state index contributed by atoms with van der Waals surface area (Å²) in [6, 6.07) is 7.52. The van der Waals surface area contributed by atoms with Gasteiger partial charge in [0.25, 0.3) is 5.92 Å². The zero-order chi connectivity index (χ0) is 21.5. The van der Waals surface area contributed by atoms with Gasteiger partial charge in [-0.1, -0.05) is 0 Å². The number of nitrogens with zero attached hydrogens (tertiary/aromatic N) is 2. The lowest BCUT2D eigenvalue weighted by atomic mass is 10.1. The van der Waals surface area contributed by atoms with Crippen molar-refractivity contribution in [3.63, 3.8) is 0 Å². The molecule has 2 aliphatic heterocycles. The molecule has 1 atom stereocenters. The lowest BCUT2D eigenvalue weighted by Crippen LogP contribution is -2.42. The fourth-order valence-corrected chi connectivity index (χ4v) is 3.97. The molecule has 30 heavy (non-hydrogen) atoms. The quantitative estimate of drug-likeness (QED) is 0.463. The fourth-order valence-electron chi connectivity index (χ4n) is 3.42. The number of hydrogen-bond donors (Lipinski definition) is 3. The van der Waals surface area contributed by atoms with Crippen LogP contribution in [0.5, 0.6) is 0 Å². The highest BCUT2D eigenvalue weighted by molar-refractivity contribution is 7.97. The van der Waals surface area contributed by atoms with Crippen LogP contribution in [0.25, 0.3) is 5.70 Å². The van der Waals surface area contributed by atoms with Crippen LogP contribution in [0, 0.1) is 0 Å². The van der Waals surface area contributed by atoms with Crippen LogP contribution in [-0.2, 0) is 6.18 Å². The van der Waals surface area contributed by atoms with Gasteiger partial charge in [-0.15, -0.1) is 0 Å². The van der Waals surface area contributed by atoms with Gasteiger partial charge in [0.15, 0.2) is 6.17 Å². The molecular weight excluding hydrogens is 425 g/mol. The molecule has 1 unspecified atom stereocenters. The predicted octanol–water partition coefficient (Wildman–Crippen LogP) is 4.64. The highest BCUT2D eigenvalue weighted by atomic mass is 32.2. The smallest absolute Gasteiger partial charge is 0.359 e. The number of aromatic nitrogens is 1. The summed E-state index contributed by atoms with van der Waals surface area (Å²) in [5, 5.41) is 5.87. The SMILES string of the molecule is CNSc1ccc(Nc2ccc(C(F)(F)F)cn2)c(C2=CN3CCC(F)(F)C3N2)c1. The van der Waals surface area contributed by atoms with E-state index in [0.29, 0.717) is 16.9 Å². The average Bonchev–Trinajstić information content (AvgIpc) is 3.23. The van der Waals surface area contributed by atoms with Crippen molar-refractivity contribution in [1.29, 1.82) is 0 Å². The molecule has 0 amide bonds. The Labute approximate surface area is 173 Å². The maximum Gasteiger partial charge on any atom is 0.417 e. The van der Waals surface area contributed by atoms with Gasteiger partial charge in [0, 0.05) is 41.5 Å². The van der Waals surface area contributed by atoms with Crippen LogP contribution in [0.4, 0.5) is 33.5 Å². The Balaban J connectivity index is 1.64. The Morgan fingerprint density at radius 1 is 1.23 bits per heavy atom. The van der Waals surface area contributed by atoms with E-state index in [4.69, 9.17) is 0 Å². The number of fused-ring (bicyclic) bond motifs is 1. The number of anilines is 2. The van der Waals surface area contributed by atoms with E-state index in [0.717, 1.165) is 17.2 Å². The summed E-state index contributed by atoms with van der Waals surface area (Å²) in [7, 11) is 1.76. The maximum absolute atomic E-state index is 14.1. The number of benzene rings is 1. The van der Waals surface area contributed by atoms with Crippen molar-refractivity contribution in [2.45, 2.75) is 29.6 Å². The number of hydrogen-bond acceptors (Lipinski definition) is 6. The van der Waals surface area contributed by atoms with Gasteiger partial charge in [-0.2, -0.15) is 13.2 Å². The highest BCUT2D eigenvalue weighted by Crippen LogP contribution is 2.40. The normalized spacial score (nSPS) is 20.0. The summed E-state index contributed by atoms with van der Waals surface area (Å²) in [6.07, 6.45) is -3.40. The van der Waals surface area contributed by atoms with Gasteiger partial charge in [0.05, 0.1) is 11.3 Å². The second-order valence-corrected chi connectivity index (χ2v) is 7.99. The number of pyridine rings is 1. The van der Waals surface area contributed by atoms with Crippen molar-refractivity contribution >= 4 is 29.2 Å². The van der Waals surface area contributed by atoms with Crippen molar-refractivity contribution in [2.75, 3.05) is 18.9 Å². The highest BCUT2D eigenvalue weighted by Gasteiger charge is 2.51. The van der Waals surface area contributed by atoms with Gasteiger partial charge in [-0.3, -0.25) is 4.72 Å². The molecule has 3 heterocycles. The average molecular weight is 443 g/mol. The zero-order valence-electron chi connectivity index (χ0n) is 15.7. The molecule has 4 rings (SSSR count). The molecule has 2 aromatic rings. The molecule has 160 valence electrons. The maximum atomic E-state index is 14.1. The minimum Gasteiger partial charge on any atom is -0.359 e. The second-order valence-electron chi connectivity index (χ2n) is 6.91. The summed E-state index contributed by atoms with van der Waals surface area (Å²) in [6.45, 7) is 0.238. The van der Waals surface area contributed by atoms with Gasteiger partial charge in [0.2, 0.25) is 0 Å². The number of alkyl halides is 5. The first kappa shape index (κ1) is 20.7. The Morgan fingerprint density at radius 3 is 2.67 bits per heavy atom. The molecule has 0 radical (unpaired) electrons. The van der Waals surface area contributed by atoms with Crippen molar-refractivity contribution in [3.05, 3.63) is 53.9 Å². The molecule has 1 saturated heterocycles. The lowest BCUT2D eigenvalue weighted by molar-refractivity contribution is -0.137. The molecule has 0 aliphatic carbocycles. The molecular formula is C19H18F5N5S. The second kappa shape index (κ2) is 7.62. The molecule has 1 fully saturated rings. The van der Waals surface area contributed by atoms with Crippen molar-refractivity contribution in [2.24, 2.45) is 0 Å². The third-order valence-corrected chi connectivity index (χ3v) is 5.57. The Hall–Kier alpha value is -2.53. The van der Waals surface area contributed by atoms with Crippen LogP contribution < -0.4 is 15.4 Å². The van der Waals surface area contributed by atoms with E-state index in [1.807, 2.05) is 12.1 Å². The number of nitrogens with one attached hydrogen (secondary N) is 3. The fraction of sp³-hybridized carbons (Fsp3) is 0.316. The summed E-state index contributed by atoms with van der Waals surface area (Å²) < 4.78 is 69.4. The van der Waals surface area contributed by atoms with Crippen molar-refractivity contribution < 1.29 is 22.0 Å². The van der Waals surface area contributed by atoms with Crippen LogP contribution >= 0.6 is 11.9 Å². The molecule has 0 bridgehead atoms. The van der Waals surface area contributed by atoms with Gasteiger partial charge < -0.3 is 15.5 Å². The molecule has 5 nitrogen and oxygen atoms in total. The van der Waals surface area contributed by atoms with E-state index in [9.17, 15) is 22.0 Å². The number of halogens is 5. The molecule has 0 saturated carbocycles.